The summed E-state index contributed by atoms with van der Waals surface area (Å²) < 4.78 is 23.5. The van der Waals surface area contributed by atoms with Crippen LogP contribution in [0.4, 0.5) is 9.59 Å². The molecule has 40 heavy (non-hydrogen) atoms. The molecule has 11 heteroatoms. The summed E-state index contributed by atoms with van der Waals surface area (Å²) in [5.74, 6) is -0.264. The zero-order chi connectivity index (χ0) is 30.5. The van der Waals surface area contributed by atoms with E-state index in [0.717, 1.165) is 36.7 Å². The summed E-state index contributed by atoms with van der Waals surface area (Å²) in [5.41, 5.74) is -4.78. The van der Waals surface area contributed by atoms with Gasteiger partial charge in [0.25, 0.3) is 5.56 Å². The van der Waals surface area contributed by atoms with E-state index in [0.29, 0.717) is 11.0 Å². The summed E-state index contributed by atoms with van der Waals surface area (Å²) in [4.78, 5) is 51.2. The van der Waals surface area contributed by atoms with E-state index in [2.05, 4.69) is 6.92 Å². The lowest BCUT2D eigenvalue weighted by atomic mass is 9.79. The summed E-state index contributed by atoms with van der Waals surface area (Å²) in [6.07, 6.45) is 3.28. The smallest absolute Gasteiger partial charge is 0.443 e. The molecule has 1 aromatic rings. The summed E-state index contributed by atoms with van der Waals surface area (Å²) in [5, 5.41) is 11.9. The number of aromatic nitrogens is 2. The van der Waals surface area contributed by atoms with Crippen molar-refractivity contribution in [3.63, 3.8) is 0 Å². The second kappa shape index (κ2) is 13.3. The molecule has 0 radical (unpaired) electrons. The highest BCUT2D eigenvalue weighted by Gasteiger charge is 2.52. The Balaban J connectivity index is 2.39. The largest absolute Gasteiger partial charge is 0.508 e. The molecule has 1 aliphatic rings. The summed E-state index contributed by atoms with van der Waals surface area (Å²) in [6.45, 7) is 15.2. The standard InChI is InChI=1S/C29H48N2O9/c1-10-11-12-13-14-15-20(3)29(36)16-22(38-21(29)18-37-26(35)40-28(7,8)9)30-17-19(2)23(32)31(24(30)33)25(34)39-27(4,5)6/h17,20-22,36H,10-16,18H2,1-9H3/t20?,21-,22-,29-/m1/s1. The molecule has 0 amide bonds. The lowest BCUT2D eigenvalue weighted by Gasteiger charge is -2.34. The van der Waals surface area contributed by atoms with Gasteiger partial charge in [-0.25, -0.2) is 14.4 Å². The highest BCUT2D eigenvalue weighted by Crippen LogP contribution is 2.43. The SMILES string of the molecule is CCCCCCCC(C)[C@]1(O)C[C@H](n2cc(C)c(=O)n(C(=O)OC(C)(C)C)c2=O)O[C@@H]1COC(=O)OC(C)(C)C. The minimum absolute atomic E-state index is 0.0165. The fraction of sp³-hybridized carbons (Fsp3) is 0.793. The van der Waals surface area contributed by atoms with Crippen LogP contribution in [0, 0.1) is 12.8 Å². The molecule has 228 valence electrons. The topological polar surface area (TPSA) is 135 Å². The van der Waals surface area contributed by atoms with Crippen molar-refractivity contribution in [3.8, 4) is 0 Å². The van der Waals surface area contributed by atoms with Crippen molar-refractivity contribution in [3.05, 3.63) is 32.6 Å². The minimum Gasteiger partial charge on any atom is -0.443 e. The third-order valence-corrected chi connectivity index (χ3v) is 6.89. The predicted molar refractivity (Wildman–Crippen MR) is 150 cm³/mol. The molecule has 1 aromatic heterocycles. The second-order valence-electron chi connectivity index (χ2n) is 12.8. The lowest BCUT2D eigenvalue weighted by Crippen LogP contribution is -2.47. The van der Waals surface area contributed by atoms with E-state index in [9.17, 15) is 24.3 Å². The van der Waals surface area contributed by atoms with Crippen LogP contribution in [0.1, 0.15) is 112 Å². The van der Waals surface area contributed by atoms with Crippen LogP contribution in [-0.4, -0.2) is 56.0 Å². The van der Waals surface area contributed by atoms with E-state index in [-0.39, 0.29) is 24.5 Å². The Morgan fingerprint density at radius 1 is 1.07 bits per heavy atom. The van der Waals surface area contributed by atoms with E-state index in [4.69, 9.17) is 18.9 Å². The number of aryl methyl sites for hydroxylation is 1. The fourth-order valence-corrected chi connectivity index (χ4v) is 4.73. The van der Waals surface area contributed by atoms with Gasteiger partial charge in [0, 0.05) is 18.2 Å². The first-order valence-electron chi connectivity index (χ1n) is 14.2. The summed E-state index contributed by atoms with van der Waals surface area (Å²) >= 11 is 0. The van der Waals surface area contributed by atoms with Crippen molar-refractivity contribution in [2.45, 2.75) is 136 Å². The molecule has 2 heterocycles. The number of carbonyl (C=O) groups is 2. The van der Waals surface area contributed by atoms with Crippen LogP contribution in [0.3, 0.4) is 0 Å². The number of hydrogen-bond acceptors (Lipinski definition) is 9. The Labute approximate surface area is 236 Å². The maximum absolute atomic E-state index is 13.4. The predicted octanol–water partition coefficient (Wildman–Crippen LogP) is 5.07. The molecule has 1 unspecified atom stereocenters. The van der Waals surface area contributed by atoms with Gasteiger partial charge < -0.3 is 24.1 Å². The zero-order valence-electron chi connectivity index (χ0n) is 25.6. The number of ether oxygens (including phenoxy) is 4. The Hall–Kier alpha value is -2.66. The van der Waals surface area contributed by atoms with Crippen molar-refractivity contribution in [1.29, 1.82) is 0 Å². The molecule has 0 aliphatic carbocycles. The number of unbranched alkanes of at least 4 members (excludes halogenated alkanes) is 4. The van der Waals surface area contributed by atoms with Crippen LogP contribution < -0.4 is 11.2 Å². The van der Waals surface area contributed by atoms with Gasteiger partial charge in [-0.2, -0.15) is 4.57 Å². The van der Waals surface area contributed by atoms with Crippen molar-refractivity contribution >= 4 is 12.2 Å². The number of rotatable bonds is 10. The van der Waals surface area contributed by atoms with Gasteiger partial charge in [0.05, 0.1) is 0 Å². The van der Waals surface area contributed by atoms with Gasteiger partial charge in [0.2, 0.25) is 0 Å². The number of carbonyl (C=O) groups excluding carboxylic acids is 2. The maximum Gasteiger partial charge on any atom is 0.508 e. The monoisotopic (exact) mass is 568 g/mol. The maximum atomic E-state index is 13.4. The van der Waals surface area contributed by atoms with Gasteiger partial charge in [-0.3, -0.25) is 9.36 Å². The molecule has 0 bridgehead atoms. The van der Waals surface area contributed by atoms with Crippen molar-refractivity contribution in [2.75, 3.05) is 6.61 Å². The van der Waals surface area contributed by atoms with Gasteiger partial charge in [-0.05, 0) is 60.8 Å². The molecule has 0 aromatic carbocycles. The average Bonchev–Trinajstić information content (AvgIpc) is 3.15. The molecule has 1 fully saturated rings. The van der Waals surface area contributed by atoms with E-state index >= 15 is 0 Å². The molecule has 0 saturated carbocycles. The van der Waals surface area contributed by atoms with E-state index in [1.165, 1.54) is 13.1 Å². The highest BCUT2D eigenvalue weighted by molar-refractivity contribution is 5.70. The molecular formula is C29H48N2O9. The first kappa shape index (κ1) is 33.5. The minimum atomic E-state index is -1.46. The Morgan fingerprint density at radius 2 is 1.68 bits per heavy atom. The van der Waals surface area contributed by atoms with Crippen molar-refractivity contribution in [2.24, 2.45) is 5.92 Å². The lowest BCUT2D eigenvalue weighted by molar-refractivity contribution is -0.115. The third kappa shape index (κ3) is 8.92. The molecular weight excluding hydrogens is 520 g/mol. The quantitative estimate of drug-likeness (QED) is 0.303. The first-order chi connectivity index (χ1) is 18.4. The summed E-state index contributed by atoms with van der Waals surface area (Å²) in [6, 6.07) is 0. The highest BCUT2D eigenvalue weighted by atomic mass is 16.7. The average molecular weight is 569 g/mol. The van der Waals surface area contributed by atoms with Crippen LogP contribution in [-0.2, 0) is 18.9 Å². The summed E-state index contributed by atoms with van der Waals surface area (Å²) in [7, 11) is 0. The zero-order valence-corrected chi connectivity index (χ0v) is 25.6. The number of hydrogen-bond donors (Lipinski definition) is 1. The number of aliphatic hydroxyl groups is 1. The third-order valence-electron chi connectivity index (χ3n) is 6.89. The molecule has 4 atom stereocenters. The fourth-order valence-electron chi connectivity index (χ4n) is 4.73. The van der Waals surface area contributed by atoms with Crippen molar-refractivity contribution in [1.82, 2.24) is 9.13 Å². The van der Waals surface area contributed by atoms with Crippen LogP contribution >= 0.6 is 0 Å². The van der Waals surface area contributed by atoms with Crippen LogP contribution in [0.5, 0.6) is 0 Å². The first-order valence-corrected chi connectivity index (χ1v) is 14.2. The van der Waals surface area contributed by atoms with Gasteiger partial charge in [0.1, 0.15) is 35.7 Å². The van der Waals surface area contributed by atoms with Crippen LogP contribution in [0.25, 0.3) is 0 Å². The van der Waals surface area contributed by atoms with Gasteiger partial charge in [0.15, 0.2) is 0 Å². The van der Waals surface area contributed by atoms with Gasteiger partial charge in [-0.15, -0.1) is 0 Å². The normalized spacial score (nSPS) is 22.1. The van der Waals surface area contributed by atoms with E-state index < -0.39 is 52.6 Å². The Bertz CT molecular complexity index is 1140. The molecule has 1 saturated heterocycles. The molecule has 1 N–H and O–H groups in total. The van der Waals surface area contributed by atoms with Crippen molar-refractivity contribution < 1.29 is 33.6 Å². The molecule has 11 nitrogen and oxygen atoms in total. The van der Waals surface area contributed by atoms with Crippen LogP contribution in [0.2, 0.25) is 0 Å². The van der Waals surface area contributed by atoms with Gasteiger partial charge in [-0.1, -0.05) is 46.0 Å². The second-order valence-corrected chi connectivity index (χ2v) is 12.8. The van der Waals surface area contributed by atoms with E-state index in [1.807, 2.05) is 6.92 Å². The van der Waals surface area contributed by atoms with Gasteiger partial charge >= 0.3 is 17.9 Å². The Morgan fingerprint density at radius 3 is 2.25 bits per heavy atom. The van der Waals surface area contributed by atoms with Crippen LogP contribution in [0.15, 0.2) is 15.8 Å². The number of nitrogens with zero attached hydrogens (tertiary/aromatic N) is 2. The Kier molecular flexibility index (Phi) is 11.2. The molecule has 2 rings (SSSR count). The molecule has 0 spiro atoms. The van der Waals surface area contributed by atoms with E-state index in [1.54, 1.807) is 41.5 Å². The molecule has 1 aliphatic heterocycles.